The van der Waals surface area contributed by atoms with Gasteiger partial charge in [0.05, 0.1) is 11.7 Å². The molecule has 0 aromatic heterocycles. The topological polar surface area (TPSA) is 15.7 Å². The maximum atomic E-state index is 6.84. The Morgan fingerprint density at radius 2 is 1.21 bits per heavy atom. The molecule has 2 heterocycles. The quantitative estimate of drug-likeness (QED) is 0.175. The first-order chi connectivity index (χ1) is 28.5. The highest BCUT2D eigenvalue weighted by molar-refractivity contribution is 6.14. The number of allylic oxidation sites excluding steroid dienone is 2. The first-order valence-corrected chi connectivity index (χ1v) is 20.4. The highest BCUT2D eigenvalue weighted by Crippen LogP contribution is 2.56. The lowest BCUT2D eigenvalue weighted by Gasteiger charge is -2.44. The van der Waals surface area contributed by atoms with Crippen molar-refractivity contribution in [3.8, 4) is 39.1 Å². The molecular formula is C55H40N2O. The molecule has 0 bridgehead atoms. The van der Waals surface area contributed by atoms with Gasteiger partial charge in [-0.3, -0.25) is 0 Å². The second-order valence-electron chi connectivity index (χ2n) is 16.5. The first-order valence-electron chi connectivity index (χ1n) is 20.4. The molecule has 0 N–H and O–H groups in total. The van der Waals surface area contributed by atoms with Gasteiger partial charge in [0.2, 0.25) is 0 Å². The number of para-hydroxylation sites is 1. The van der Waals surface area contributed by atoms with Crippen molar-refractivity contribution in [1.82, 2.24) is 0 Å². The molecule has 58 heavy (non-hydrogen) atoms. The van der Waals surface area contributed by atoms with Gasteiger partial charge in [0, 0.05) is 39.1 Å². The van der Waals surface area contributed by atoms with E-state index in [1.807, 2.05) is 0 Å². The zero-order chi connectivity index (χ0) is 38.5. The number of anilines is 5. The van der Waals surface area contributed by atoms with E-state index in [-0.39, 0.29) is 11.5 Å². The van der Waals surface area contributed by atoms with Crippen molar-refractivity contribution in [2.45, 2.75) is 31.7 Å². The fraction of sp³-hybridized carbons (Fsp3) is 0.0909. The van der Waals surface area contributed by atoms with E-state index in [4.69, 9.17) is 4.74 Å². The fourth-order valence-corrected chi connectivity index (χ4v) is 10.1. The minimum atomic E-state index is -0.0964. The predicted molar refractivity (Wildman–Crippen MR) is 241 cm³/mol. The largest absolute Gasteiger partial charge is 0.457 e. The Bertz CT molecular complexity index is 3030. The standard InChI is InChI=1S/C55H40N2O/c1-55(2)47-17-8-6-14-43(47)44-30-29-42(34-48(44)55)56(40-25-19-36(20-26-40)35-11-4-3-5-12-35)41-27-21-37(22-28-41)39-23-31-50-52(33-39)58-51-32-24-38-13-10-16-46-45-15-7-9-18-49(45)57(50)54(51)53(38)46/h3-30,32-34,50H,31H2,1-2H3. The van der Waals surface area contributed by atoms with Crippen LogP contribution in [0.1, 0.15) is 37.0 Å². The molecule has 0 amide bonds. The summed E-state index contributed by atoms with van der Waals surface area (Å²) in [6, 6.07) is 64.4. The predicted octanol–water partition coefficient (Wildman–Crippen LogP) is 14.5. The van der Waals surface area contributed by atoms with Gasteiger partial charge < -0.3 is 14.5 Å². The average molecular weight is 745 g/mol. The van der Waals surface area contributed by atoms with Crippen molar-refractivity contribution in [3.05, 3.63) is 211 Å². The van der Waals surface area contributed by atoms with Crippen molar-refractivity contribution in [2.24, 2.45) is 0 Å². The van der Waals surface area contributed by atoms with Crippen LogP contribution in [0.25, 0.3) is 49.7 Å². The average Bonchev–Trinajstić information content (AvgIpc) is 3.51. The Balaban J connectivity index is 0.918. The summed E-state index contributed by atoms with van der Waals surface area (Å²) in [4.78, 5) is 4.93. The van der Waals surface area contributed by atoms with E-state index in [0.29, 0.717) is 0 Å². The van der Waals surface area contributed by atoms with Crippen LogP contribution in [-0.4, -0.2) is 6.04 Å². The molecule has 0 saturated carbocycles. The zero-order valence-corrected chi connectivity index (χ0v) is 32.5. The van der Waals surface area contributed by atoms with Crippen LogP contribution in [0.2, 0.25) is 0 Å². The van der Waals surface area contributed by atoms with E-state index in [1.54, 1.807) is 0 Å². The molecule has 0 fully saturated rings. The van der Waals surface area contributed by atoms with E-state index in [0.717, 1.165) is 35.0 Å². The molecule has 276 valence electrons. The van der Waals surface area contributed by atoms with Crippen LogP contribution in [0.15, 0.2) is 194 Å². The molecule has 12 rings (SSSR count). The lowest BCUT2D eigenvalue weighted by atomic mass is 9.82. The van der Waals surface area contributed by atoms with Gasteiger partial charge in [-0.15, -0.1) is 0 Å². The van der Waals surface area contributed by atoms with E-state index in [2.05, 4.69) is 212 Å². The highest BCUT2D eigenvalue weighted by Gasteiger charge is 2.40. The van der Waals surface area contributed by atoms with Gasteiger partial charge in [0.25, 0.3) is 0 Å². The van der Waals surface area contributed by atoms with Gasteiger partial charge in [-0.05, 0) is 116 Å². The van der Waals surface area contributed by atoms with Crippen molar-refractivity contribution < 1.29 is 4.74 Å². The maximum Gasteiger partial charge on any atom is 0.151 e. The summed E-state index contributed by atoms with van der Waals surface area (Å²) in [5.74, 6) is 1.91. The van der Waals surface area contributed by atoms with Crippen molar-refractivity contribution in [3.63, 3.8) is 0 Å². The molecule has 1 atom stereocenters. The van der Waals surface area contributed by atoms with E-state index < -0.39 is 0 Å². The zero-order valence-electron chi connectivity index (χ0n) is 32.5. The number of rotatable bonds is 5. The molecule has 0 saturated heterocycles. The van der Waals surface area contributed by atoms with Gasteiger partial charge in [-0.1, -0.05) is 147 Å². The summed E-state index contributed by atoms with van der Waals surface area (Å²) in [5.41, 5.74) is 18.4. The minimum absolute atomic E-state index is 0.0835. The summed E-state index contributed by atoms with van der Waals surface area (Å²) in [5, 5.41) is 2.52. The van der Waals surface area contributed by atoms with E-state index in [9.17, 15) is 0 Å². The maximum absolute atomic E-state index is 6.84. The van der Waals surface area contributed by atoms with Crippen LogP contribution in [0.3, 0.4) is 0 Å². The molecule has 0 spiro atoms. The summed E-state index contributed by atoms with van der Waals surface area (Å²) in [7, 11) is 0. The fourth-order valence-electron chi connectivity index (χ4n) is 10.1. The second-order valence-corrected chi connectivity index (χ2v) is 16.5. The van der Waals surface area contributed by atoms with Gasteiger partial charge in [-0.2, -0.15) is 0 Å². The van der Waals surface area contributed by atoms with Crippen molar-refractivity contribution in [1.29, 1.82) is 0 Å². The third-order valence-corrected chi connectivity index (χ3v) is 12.9. The number of hydrogen-bond acceptors (Lipinski definition) is 3. The van der Waals surface area contributed by atoms with Crippen LogP contribution >= 0.6 is 0 Å². The molecule has 4 aliphatic rings. The molecule has 2 aliphatic carbocycles. The molecule has 3 heteroatoms. The normalized spacial score (nSPS) is 16.3. The molecule has 2 aliphatic heterocycles. The smallest absolute Gasteiger partial charge is 0.151 e. The molecule has 1 unspecified atom stereocenters. The number of ether oxygens (including phenoxy) is 1. The Hall–Kier alpha value is -7.10. The van der Waals surface area contributed by atoms with Gasteiger partial charge in [0.15, 0.2) is 5.75 Å². The number of nitrogens with zero attached hydrogens (tertiary/aromatic N) is 2. The Morgan fingerprint density at radius 1 is 0.552 bits per heavy atom. The van der Waals surface area contributed by atoms with E-state index >= 15 is 0 Å². The molecule has 8 aromatic carbocycles. The highest BCUT2D eigenvalue weighted by atomic mass is 16.5. The van der Waals surface area contributed by atoms with Gasteiger partial charge in [-0.25, -0.2) is 0 Å². The Morgan fingerprint density at radius 3 is 2.02 bits per heavy atom. The van der Waals surface area contributed by atoms with Crippen molar-refractivity contribution >= 4 is 44.8 Å². The van der Waals surface area contributed by atoms with Crippen molar-refractivity contribution in [2.75, 3.05) is 9.80 Å². The summed E-state index contributed by atoms with van der Waals surface area (Å²) < 4.78 is 6.84. The lowest BCUT2D eigenvalue weighted by molar-refractivity contribution is 0.362. The number of fused-ring (bicyclic) bond motifs is 8. The van der Waals surface area contributed by atoms with E-state index in [1.165, 1.54) is 77.8 Å². The van der Waals surface area contributed by atoms with Gasteiger partial charge >= 0.3 is 0 Å². The Kier molecular flexibility index (Phi) is 7.10. The lowest BCUT2D eigenvalue weighted by Crippen LogP contribution is -2.40. The summed E-state index contributed by atoms with van der Waals surface area (Å²) >= 11 is 0. The Labute approximate surface area is 339 Å². The first kappa shape index (κ1) is 33.1. The minimum Gasteiger partial charge on any atom is -0.457 e. The third kappa shape index (κ3) is 4.86. The molecule has 3 nitrogen and oxygen atoms in total. The van der Waals surface area contributed by atoms with Crippen LogP contribution in [0.5, 0.6) is 5.75 Å². The van der Waals surface area contributed by atoms with Crippen LogP contribution < -0.4 is 14.5 Å². The van der Waals surface area contributed by atoms with Crippen LogP contribution in [-0.2, 0) is 5.41 Å². The van der Waals surface area contributed by atoms with Crippen LogP contribution in [0.4, 0.5) is 28.4 Å². The number of hydrogen-bond donors (Lipinski definition) is 0. The number of benzene rings is 8. The van der Waals surface area contributed by atoms with Gasteiger partial charge in [0.1, 0.15) is 5.76 Å². The SMILES string of the molecule is CC1(C)c2ccccc2-c2ccc(N(c3ccc(C4=CCC5C(=C4)Oc4ccc6cccc7c6c4N5c4ccccc4-7)cc3)c3ccc(-c4ccccc4)cc3)cc21. The molecule has 0 radical (unpaired) electrons. The summed E-state index contributed by atoms with van der Waals surface area (Å²) in [6.07, 6.45) is 5.50. The monoisotopic (exact) mass is 744 g/mol. The summed E-state index contributed by atoms with van der Waals surface area (Å²) in [6.45, 7) is 4.70. The molecular weight excluding hydrogens is 705 g/mol. The molecule has 8 aromatic rings. The van der Waals surface area contributed by atoms with Crippen LogP contribution in [0, 0.1) is 0 Å². The second kappa shape index (κ2) is 12.4. The third-order valence-electron chi connectivity index (χ3n) is 12.9.